The topological polar surface area (TPSA) is 69.9 Å². The molecule has 23 heavy (non-hydrogen) atoms. The van der Waals surface area contributed by atoms with Crippen molar-refractivity contribution in [2.45, 2.75) is 13.5 Å². The van der Waals surface area contributed by atoms with Crippen molar-refractivity contribution < 1.29 is 9.53 Å². The van der Waals surface area contributed by atoms with Crippen molar-refractivity contribution in [1.82, 2.24) is 20.2 Å². The maximum Gasteiger partial charge on any atom is 0.204 e. The van der Waals surface area contributed by atoms with Gasteiger partial charge in [-0.25, -0.2) is 0 Å². The Bertz CT molecular complexity index is 799. The Hall–Kier alpha value is -3.02. The van der Waals surface area contributed by atoms with E-state index >= 15 is 0 Å². The zero-order valence-corrected chi connectivity index (χ0v) is 12.7. The average Bonchev–Trinajstić information content (AvgIpc) is 3.05. The predicted octanol–water partition coefficient (Wildman–Crippen LogP) is 2.62. The van der Waals surface area contributed by atoms with E-state index in [-0.39, 0.29) is 5.78 Å². The van der Waals surface area contributed by atoms with Crippen LogP contribution in [0.15, 0.2) is 54.6 Å². The Morgan fingerprint density at radius 1 is 1.09 bits per heavy atom. The molecule has 6 nitrogen and oxygen atoms in total. The van der Waals surface area contributed by atoms with Gasteiger partial charge in [-0.05, 0) is 24.3 Å². The van der Waals surface area contributed by atoms with Gasteiger partial charge in [-0.15, -0.1) is 10.2 Å². The first kappa shape index (κ1) is 14.9. The lowest BCUT2D eigenvalue weighted by molar-refractivity contribution is 0.101. The molecule has 2 aromatic carbocycles. The van der Waals surface area contributed by atoms with Gasteiger partial charge in [0.1, 0.15) is 12.4 Å². The molecule has 0 radical (unpaired) electrons. The van der Waals surface area contributed by atoms with Crippen LogP contribution in [-0.2, 0) is 6.54 Å². The number of nitrogens with zero attached hydrogens (tertiary/aromatic N) is 4. The highest BCUT2D eigenvalue weighted by atomic mass is 16.5. The lowest BCUT2D eigenvalue weighted by atomic mass is 10.1. The quantitative estimate of drug-likeness (QED) is 0.655. The summed E-state index contributed by atoms with van der Waals surface area (Å²) >= 11 is 0. The number of para-hydroxylation sites is 1. The van der Waals surface area contributed by atoms with Gasteiger partial charge in [0.05, 0.1) is 12.1 Å². The summed E-state index contributed by atoms with van der Waals surface area (Å²) in [6, 6.07) is 16.8. The number of hydrogen-bond acceptors (Lipinski definition) is 5. The summed E-state index contributed by atoms with van der Waals surface area (Å²) in [6.45, 7) is 2.33. The minimum Gasteiger partial charge on any atom is -0.491 e. The van der Waals surface area contributed by atoms with Gasteiger partial charge in [-0.1, -0.05) is 42.5 Å². The minimum atomic E-state index is -0.0224. The monoisotopic (exact) mass is 308 g/mol. The van der Waals surface area contributed by atoms with Crippen molar-refractivity contribution in [2.24, 2.45) is 0 Å². The Balaban J connectivity index is 1.62. The first-order chi connectivity index (χ1) is 11.2. The molecule has 0 atom stereocenters. The molecule has 0 amide bonds. The molecule has 0 unspecified atom stereocenters. The zero-order chi connectivity index (χ0) is 16.1. The molecular formula is C17H16N4O2. The molecule has 0 aliphatic heterocycles. The summed E-state index contributed by atoms with van der Waals surface area (Å²) in [7, 11) is 0. The normalized spacial score (nSPS) is 10.5. The molecule has 0 saturated heterocycles. The number of benzene rings is 2. The van der Waals surface area contributed by atoms with Crippen LogP contribution in [0, 0.1) is 0 Å². The van der Waals surface area contributed by atoms with Crippen LogP contribution < -0.4 is 4.74 Å². The van der Waals surface area contributed by atoms with Gasteiger partial charge in [-0.2, -0.15) is 4.80 Å². The second-order valence-electron chi connectivity index (χ2n) is 4.98. The first-order valence-electron chi connectivity index (χ1n) is 7.30. The summed E-state index contributed by atoms with van der Waals surface area (Å²) in [5, 5.41) is 12.4. The lowest BCUT2D eigenvalue weighted by Gasteiger charge is -2.08. The summed E-state index contributed by atoms with van der Waals surface area (Å²) in [4.78, 5) is 13.0. The molecule has 1 aromatic heterocycles. The minimum absolute atomic E-state index is 0.0224. The van der Waals surface area contributed by atoms with E-state index in [2.05, 4.69) is 15.4 Å². The third-order valence-corrected chi connectivity index (χ3v) is 3.30. The number of aromatic nitrogens is 4. The number of carbonyl (C=O) groups is 1. The Morgan fingerprint density at radius 2 is 1.83 bits per heavy atom. The number of rotatable bonds is 6. The van der Waals surface area contributed by atoms with Crippen LogP contribution in [0.5, 0.6) is 5.75 Å². The standard InChI is InChI=1S/C17H16N4O2/c1-13(22)15-9-5-6-10-16(15)23-12-11-21-19-17(18-20-21)14-7-3-2-4-8-14/h2-10H,11-12H2,1H3. The summed E-state index contributed by atoms with van der Waals surface area (Å²) in [5.41, 5.74) is 1.49. The van der Waals surface area contributed by atoms with Crippen LogP contribution in [0.4, 0.5) is 0 Å². The number of ether oxygens (including phenoxy) is 1. The van der Waals surface area contributed by atoms with Gasteiger partial charge < -0.3 is 4.74 Å². The van der Waals surface area contributed by atoms with Crippen molar-refractivity contribution in [3.63, 3.8) is 0 Å². The fraction of sp³-hybridized carbons (Fsp3) is 0.176. The van der Waals surface area contributed by atoms with Crippen LogP contribution in [0.2, 0.25) is 0 Å². The van der Waals surface area contributed by atoms with E-state index in [9.17, 15) is 4.79 Å². The molecule has 0 bridgehead atoms. The van der Waals surface area contributed by atoms with E-state index in [4.69, 9.17) is 4.74 Å². The zero-order valence-electron chi connectivity index (χ0n) is 12.7. The predicted molar refractivity (Wildman–Crippen MR) is 85.2 cm³/mol. The Kier molecular flexibility index (Phi) is 4.42. The van der Waals surface area contributed by atoms with Crippen LogP contribution >= 0.6 is 0 Å². The van der Waals surface area contributed by atoms with Crippen molar-refractivity contribution in [3.05, 3.63) is 60.2 Å². The number of hydrogen-bond donors (Lipinski definition) is 0. The first-order valence-corrected chi connectivity index (χ1v) is 7.30. The molecule has 6 heteroatoms. The number of ketones is 1. The molecule has 116 valence electrons. The highest BCUT2D eigenvalue weighted by Gasteiger charge is 2.08. The second-order valence-corrected chi connectivity index (χ2v) is 4.98. The van der Waals surface area contributed by atoms with E-state index in [1.165, 1.54) is 11.7 Å². The third kappa shape index (κ3) is 3.60. The number of Topliss-reactive ketones (excluding diaryl/α,β-unsaturated/α-hetero) is 1. The van der Waals surface area contributed by atoms with Crippen molar-refractivity contribution in [2.75, 3.05) is 6.61 Å². The van der Waals surface area contributed by atoms with Crippen molar-refractivity contribution in [3.8, 4) is 17.1 Å². The molecule has 0 aliphatic rings. The number of carbonyl (C=O) groups excluding carboxylic acids is 1. The maximum atomic E-state index is 11.5. The smallest absolute Gasteiger partial charge is 0.204 e. The molecule has 0 fully saturated rings. The van der Waals surface area contributed by atoms with E-state index in [0.29, 0.717) is 30.3 Å². The van der Waals surface area contributed by atoms with Gasteiger partial charge >= 0.3 is 0 Å². The third-order valence-electron chi connectivity index (χ3n) is 3.30. The molecule has 0 aliphatic carbocycles. The number of tetrazole rings is 1. The van der Waals surface area contributed by atoms with Gasteiger partial charge in [0, 0.05) is 5.56 Å². The largest absolute Gasteiger partial charge is 0.491 e. The molecule has 1 heterocycles. The van der Waals surface area contributed by atoms with Gasteiger partial charge in [-0.3, -0.25) is 4.79 Å². The van der Waals surface area contributed by atoms with Crippen LogP contribution in [0.1, 0.15) is 17.3 Å². The van der Waals surface area contributed by atoms with Crippen LogP contribution in [-0.4, -0.2) is 32.6 Å². The van der Waals surface area contributed by atoms with Gasteiger partial charge in [0.15, 0.2) is 5.78 Å². The van der Waals surface area contributed by atoms with Crippen molar-refractivity contribution in [1.29, 1.82) is 0 Å². The van der Waals surface area contributed by atoms with Crippen LogP contribution in [0.3, 0.4) is 0 Å². The highest BCUT2D eigenvalue weighted by molar-refractivity contribution is 5.96. The molecule has 0 saturated carbocycles. The van der Waals surface area contributed by atoms with Gasteiger partial charge in [0.2, 0.25) is 5.82 Å². The fourth-order valence-corrected chi connectivity index (χ4v) is 2.16. The SMILES string of the molecule is CC(=O)c1ccccc1OCCn1nnc(-c2ccccc2)n1. The maximum absolute atomic E-state index is 11.5. The molecular weight excluding hydrogens is 292 g/mol. The van der Waals surface area contributed by atoms with Crippen LogP contribution in [0.25, 0.3) is 11.4 Å². The lowest BCUT2D eigenvalue weighted by Crippen LogP contribution is -2.12. The van der Waals surface area contributed by atoms with E-state index in [1.807, 2.05) is 42.5 Å². The average molecular weight is 308 g/mol. The Morgan fingerprint density at radius 3 is 2.61 bits per heavy atom. The molecule has 3 rings (SSSR count). The molecule has 0 spiro atoms. The van der Waals surface area contributed by atoms with Gasteiger partial charge in [0.25, 0.3) is 0 Å². The molecule has 3 aromatic rings. The van der Waals surface area contributed by atoms with E-state index < -0.39 is 0 Å². The summed E-state index contributed by atoms with van der Waals surface area (Å²) in [5.74, 6) is 1.13. The Labute approximate surface area is 133 Å². The fourth-order valence-electron chi connectivity index (χ4n) is 2.16. The van der Waals surface area contributed by atoms with E-state index in [0.717, 1.165) is 5.56 Å². The van der Waals surface area contributed by atoms with E-state index in [1.54, 1.807) is 12.1 Å². The summed E-state index contributed by atoms with van der Waals surface area (Å²) in [6.07, 6.45) is 0. The molecule has 0 N–H and O–H groups in total. The van der Waals surface area contributed by atoms with Crippen molar-refractivity contribution >= 4 is 5.78 Å². The summed E-state index contributed by atoms with van der Waals surface area (Å²) < 4.78 is 5.67. The second kappa shape index (κ2) is 6.83. The highest BCUT2D eigenvalue weighted by Crippen LogP contribution is 2.18.